The third-order valence-corrected chi connectivity index (χ3v) is 4.65. The molecule has 15 heavy (non-hydrogen) atoms. The van der Waals surface area contributed by atoms with E-state index in [2.05, 4.69) is 37.3 Å². The summed E-state index contributed by atoms with van der Waals surface area (Å²) < 4.78 is 0. The molecular formula is C15H20. The zero-order valence-electron chi connectivity index (χ0n) is 9.58. The molecular weight excluding hydrogens is 180 g/mol. The van der Waals surface area contributed by atoms with E-state index in [4.69, 9.17) is 0 Å². The average molecular weight is 200 g/mol. The van der Waals surface area contributed by atoms with Gasteiger partial charge in [-0.25, -0.2) is 0 Å². The highest BCUT2D eigenvalue weighted by atomic mass is 14.6. The van der Waals surface area contributed by atoms with Gasteiger partial charge < -0.3 is 0 Å². The number of fused-ring (bicyclic) bond motifs is 1. The standard InChI is InChI=1S/C15H20/c1-15-8-7-13(10-14(15)11-15)9-12-5-3-2-4-6-12/h2-6,13-14H,7-11H2,1H3. The van der Waals surface area contributed by atoms with Gasteiger partial charge in [0.2, 0.25) is 0 Å². The molecule has 0 aliphatic heterocycles. The van der Waals surface area contributed by atoms with Crippen LogP contribution in [0.4, 0.5) is 0 Å². The molecule has 3 rings (SSSR count). The van der Waals surface area contributed by atoms with E-state index >= 15 is 0 Å². The molecule has 0 spiro atoms. The van der Waals surface area contributed by atoms with Gasteiger partial charge in [0, 0.05) is 0 Å². The summed E-state index contributed by atoms with van der Waals surface area (Å²) in [6.45, 7) is 2.48. The predicted octanol–water partition coefficient (Wildman–Crippen LogP) is 4.06. The van der Waals surface area contributed by atoms with Crippen LogP contribution in [0.2, 0.25) is 0 Å². The van der Waals surface area contributed by atoms with Crippen molar-refractivity contribution in [2.75, 3.05) is 0 Å². The smallest absolute Gasteiger partial charge is 0.0250 e. The van der Waals surface area contributed by atoms with Crippen molar-refractivity contribution in [3.8, 4) is 0 Å². The van der Waals surface area contributed by atoms with Gasteiger partial charge in [-0.05, 0) is 54.9 Å². The molecule has 0 heteroatoms. The molecule has 0 aromatic heterocycles. The van der Waals surface area contributed by atoms with E-state index in [0.29, 0.717) is 0 Å². The first-order valence-corrected chi connectivity index (χ1v) is 6.30. The number of hydrogen-bond donors (Lipinski definition) is 0. The predicted molar refractivity (Wildman–Crippen MR) is 63.7 cm³/mol. The van der Waals surface area contributed by atoms with Crippen LogP contribution in [-0.4, -0.2) is 0 Å². The largest absolute Gasteiger partial charge is 0.0622 e. The maximum Gasteiger partial charge on any atom is -0.0250 e. The van der Waals surface area contributed by atoms with E-state index < -0.39 is 0 Å². The molecule has 2 saturated carbocycles. The van der Waals surface area contributed by atoms with Crippen molar-refractivity contribution in [3.05, 3.63) is 35.9 Å². The van der Waals surface area contributed by atoms with Crippen molar-refractivity contribution in [3.63, 3.8) is 0 Å². The monoisotopic (exact) mass is 200 g/mol. The molecule has 0 nitrogen and oxygen atoms in total. The molecule has 0 heterocycles. The SMILES string of the molecule is CC12CCC(Cc3ccccc3)CC1C2. The molecule has 2 aliphatic carbocycles. The summed E-state index contributed by atoms with van der Waals surface area (Å²) in [6, 6.07) is 11.0. The first-order chi connectivity index (χ1) is 7.26. The summed E-state index contributed by atoms with van der Waals surface area (Å²) in [4.78, 5) is 0. The van der Waals surface area contributed by atoms with E-state index in [1.165, 1.54) is 37.7 Å². The second-order valence-corrected chi connectivity index (χ2v) is 5.89. The van der Waals surface area contributed by atoms with Gasteiger partial charge >= 0.3 is 0 Å². The van der Waals surface area contributed by atoms with Crippen molar-refractivity contribution >= 4 is 0 Å². The molecule has 0 bridgehead atoms. The highest BCUT2D eigenvalue weighted by Crippen LogP contribution is 2.62. The van der Waals surface area contributed by atoms with Crippen molar-refractivity contribution in [2.45, 2.75) is 39.0 Å². The van der Waals surface area contributed by atoms with Crippen molar-refractivity contribution in [1.29, 1.82) is 0 Å². The number of rotatable bonds is 2. The fourth-order valence-electron chi connectivity index (χ4n) is 3.36. The molecule has 0 amide bonds. The molecule has 1 aromatic carbocycles. The van der Waals surface area contributed by atoms with E-state index in [1.54, 1.807) is 0 Å². The summed E-state index contributed by atoms with van der Waals surface area (Å²) in [6.07, 6.45) is 7.26. The van der Waals surface area contributed by atoms with Crippen LogP contribution in [-0.2, 0) is 6.42 Å². The third kappa shape index (κ3) is 1.82. The lowest BCUT2D eigenvalue weighted by Crippen LogP contribution is -2.15. The molecule has 0 radical (unpaired) electrons. The zero-order chi connectivity index (χ0) is 10.3. The minimum Gasteiger partial charge on any atom is -0.0622 e. The Labute approximate surface area is 92.7 Å². The quantitative estimate of drug-likeness (QED) is 0.675. The van der Waals surface area contributed by atoms with Gasteiger partial charge in [-0.2, -0.15) is 0 Å². The fourth-order valence-corrected chi connectivity index (χ4v) is 3.36. The lowest BCUT2D eigenvalue weighted by atomic mass is 9.80. The Bertz CT molecular complexity index is 340. The van der Waals surface area contributed by atoms with Crippen molar-refractivity contribution < 1.29 is 0 Å². The topological polar surface area (TPSA) is 0 Å². The third-order valence-electron chi connectivity index (χ3n) is 4.65. The molecule has 2 aliphatic rings. The van der Waals surface area contributed by atoms with Gasteiger partial charge in [0.1, 0.15) is 0 Å². The van der Waals surface area contributed by atoms with Crippen LogP contribution in [0.15, 0.2) is 30.3 Å². The maximum atomic E-state index is 2.48. The summed E-state index contributed by atoms with van der Waals surface area (Å²) in [5.41, 5.74) is 2.31. The average Bonchev–Trinajstić information content (AvgIpc) is 2.91. The van der Waals surface area contributed by atoms with Gasteiger partial charge in [0.05, 0.1) is 0 Å². The lowest BCUT2D eigenvalue weighted by Gasteiger charge is -2.25. The van der Waals surface area contributed by atoms with Gasteiger partial charge in [-0.3, -0.25) is 0 Å². The van der Waals surface area contributed by atoms with Crippen molar-refractivity contribution in [2.24, 2.45) is 17.3 Å². The summed E-state index contributed by atoms with van der Waals surface area (Å²) in [5.74, 6) is 2.04. The Morgan fingerprint density at radius 3 is 2.80 bits per heavy atom. The van der Waals surface area contributed by atoms with E-state index in [0.717, 1.165) is 17.3 Å². The highest BCUT2D eigenvalue weighted by Gasteiger charge is 2.52. The molecule has 3 unspecified atom stereocenters. The van der Waals surface area contributed by atoms with Crippen LogP contribution in [0.5, 0.6) is 0 Å². The Morgan fingerprint density at radius 1 is 1.27 bits per heavy atom. The van der Waals surface area contributed by atoms with E-state index in [-0.39, 0.29) is 0 Å². The molecule has 1 aromatic rings. The van der Waals surface area contributed by atoms with Gasteiger partial charge in [-0.15, -0.1) is 0 Å². The Morgan fingerprint density at radius 2 is 2.07 bits per heavy atom. The first kappa shape index (κ1) is 9.45. The van der Waals surface area contributed by atoms with Crippen molar-refractivity contribution in [1.82, 2.24) is 0 Å². The van der Waals surface area contributed by atoms with Crippen LogP contribution >= 0.6 is 0 Å². The van der Waals surface area contributed by atoms with E-state index in [1.807, 2.05) is 0 Å². The Kier molecular flexibility index (Phi) is 2.12. The van der Waals surface area contributed by atoms with Gasteiger partial charge in [0.15, 0.2) is 0 Å². The Hall–Kier alpha value is -0.780. The summed E-state index contributed by atoms with van der Waals surface area (Å²) >= 11 is 0. The second kappa shape index (κ2) is 3.37. The number of benzene rings is 1. The van der Waals surface area contributed by atoms with Crippen LogP contribution in [0.3, 0.4) is 0 Å². The maximum absolute atomic E-state index is 2.48. The zero-order valence-corrected chi connectivity index (χ0v) is 9.58. The van der Waals surface area contributed by atoms with Gasteiger partial charge in [-0.1, -0.05) is 37.3 Å². The number of hydrogen-bond acceptors (Lipinski definition) is 0. The van der Waals surface area contributed by atoms with Crippen LogP contribution in [0.25, 0.3) is 0 Å². The summed E-state index contributed by atoms with van der Waals surface area (Å²) in [5, 5.41) is 0. The van der Waals surface area contributed by atoms with E-state index in [9.17, 15) is 0 Å². The Balaban J connectivity index is 1.61. The van der Waals surface area contributed by atoms with Crippen LogP contribution in [0.1, 0.15) is 38.2 Å². The fraction of sp³-hybridized carbons (Fsp3) is 0.600. The summed E-state index contributed by atoms with van der Waals surface area (Å²) in [7, 11) is 0. The minimum atomic E-state index is 0.771. The lowest BCUT2D eigenvalue weighted by molar-refractivity contribution is 0.278. The highest BCUT2D eigenvalue weighted by molar-refractivity contribution is 5.16. The van der Waals surface area contributed by atoms with Crippen LogP contribution in [0, 0.1) is 17.3 Å². The molecule has 0 N–H and O–H groups in total. The normalized spacial score (nSPS) is 38.5. The molecule has 2 fully saturated rings. The molecule has 3 atom stereocenters. The molecule has 0 saturated heterocycles. The van der Waals surface area contributed by atoms with Gasteiger partial charge in [0.25, 0.3) is 0 Å². The molecule has 80 valence electrons. The van der Waals surface area contributed by atoms with Crippen LogP contribution < -0.4 is 0 Å². The minimum absolute atomic E-state index is 0.771. The first-order valence-electron chi connectivity index (χ1n) is 6.30. The second-order valence-electron chi connectivity index (χ2n) is 5.89.